The number of amides is 3. The molecule has 2 aromatic rings. The first-order valence-electron chi connectivity index (χ1n) is 16.3. The number of rotatable bonds is 9. The summed E-state index contributed by atoms with van der Waals surface area (Å²) in [6.07, 6.45) is 16.0. The second-order valence-corrected chi connectivity index (χ2v) is 12.9. The van der Waals surface area contributed by atoms with Gasteiger partial charge in [0.15, 0.2) is 0 Å². The summed E-state index contributed by atoms with van der Waals surface area (Å²) in [6, 6.07) is 16.0. The van der Waals surface area contributed by atoms with E-state index in [1.54, 1.807) is 29.2 Å². The van der Waals surface area contributed by atoms with Crippen molar-refractivity contribution >= 4 is 23.4 Å². The van der Waals surface area contributed by atoms with E-state index in [1.807, 2.05) is 42.5 Å². The lowest BCUT2D eigenvalue weighted by atomic mass is 9.74. The van der Waals surface area contributed by atoms with Crippen LogP contribution in [-0.2, 0) is 19.1 Å². The first kappa shape index (κ1) is 28.8. The first-order valence-corrected chi connectivity index (χ1v) is 16.3. The summed E-state index contributed by atoms with van der Waals surface area (Å²) in [5.41, 5.74) is 0.811. The van der Waals surface area contributed by atoms with Crippen LogP contribution in [0.15, 0.2) is 78.4 Å². The Labute approximate surface area is 258 Å². The van der Waals surface area contributed by atoms with Crippen molar-refractivity contribution in [2.24, 2.45) is 11.8 Å². The van der Waals surface area contributed by atoms with Gasteiger partial charge in [0.05, 0.1) is 17.9 Å². The Balaban J connectivity index is 1.10. The molecule has 0 aromatic heterocycles. The number of hydrogen-bond acceptors (Lipinski definition) is 5. The predicted octanol–water partition coefficient (Wildman–Crippen LogP) is 5.91. The fourth-order valence-corrected chi connectivity index (χ4v) is 7.89. The zero-order chi connectivity index (χ0) is 30.1. The number of allylic oxidation sites excluding steroid dienone is 1. The van der Waals surface area contributed by atoms with Crippen LogP contribution in [0.1, 0.15) is 64.2 Å². The number of anilines is 1. The lowest BCUT2D eigenvalue weighted by molar-refractivity contribution is -0.141. The van der Waals surface area contributed by atoms with E-state index in [1.165, 1.54) is 18.4 Å². The quantitative estimate of drug-likeness (QED) is 0.352. The first-order chi connectivity index (χ1) is 21.5. The molecule has 0 radical (unpaired) electrons. The highest BCUT2D eigenvalue weighted by atomic mass is 16.5. The second-order valence-electron chi connectivity index (χ2n) is 12.9. The standard InChI is InChI=1S/C36H41N3O5/c40-33(37-26-16-18-28(19-17-26)43-27-14-8-3-9-15-27)30-29-20-22-36(44-29)31(30)35(42)39(23-21-24-10-4-1-5-11-24)32(36)34(41)38-25-12-6-2-7-13-25/h3,8-10,14-20,22,25,29-32H,1-2,4-7,11-13,21,23H2,(H,37,40)(H,38,41)/t29-,30-,31-,32-,36-/m1/s1. The molecular weight excluding hydrogens is 554 g/mol. The van der Waals surface area contributed by atoms with Gasteiger partial charge in [0.1, 0.15) is 23.1 Å². The number of carbonyl (C=O) groups excluding carboxylic acids is 3. The van der Waals surface area contributed by atoms with Gasteiger partial charge >= 0.3 is 0 Å². The second kappa shape index (κ2) is 12.2. The Bertz CT molecular complexity index is 1450. The Hall–Kier alpha value is -3.91. The molecule has 8 nitrogen and oxygen atoms in total. The van der Waals surface area contributed by atoms with Crippen molar-refractivity contribution in [3.63, 3.8) is 0 Å². The molecule has 3 heterocycles. The fourth-order valence-electron chi connectivity index (χ4n) is 7.89. The molecule has 2 aromatic carbocycles. The van der Waals surface area contributed by atoms with Crippen LogP contribution in [0.25, 0.3) is 0 Å². The Morgan fingerprint density at radius 3 is 2.45 bits per heavy atom. The fraction of sp³-hybridized carbons (Fsp3) is 0.472. The number of nitrogens with one attached hydrogen (secondary N) is 2. The minimum atomic E-state index is -1.14. The van der Waals surface area contributed by atoms with E-state index in [9.17, 15) is 14.4 Å². The van der Waals surface area contributed by atoms with Crippen LogP contribution in [0.2, 0.25) is 0 Å². The summed E-state index contributed by atoms with van der Waals surface area (Å²) in [5, 5.41) is 6.28. The summed E-state index contributed by atoms with van der Waals surface area (Å²) in [7, 11) is 0. The molecule has 5 aliphatic rings. The molecule has 5 atom stereocenters. The van der Waals surface area contributed by atoms with Crippen molar-refractivity contribution < 1.29 is 23.9 Å². The van der Waals surface area contributed by atoms with Gasteiger partial charge in [-0.3, -0.25) is 14.4 Å². The minimum absolute atomic E-state index is 0.111. The van der Waals surface area contributed by atoms with Gasteiger partial charge in [0, 0.05) is 18.3 Å². The van der Waals surface area contributed by atoms with Crippen LogP contribution >= 0.6 is 0 Å². The van der Waals surface area contributed by atoms with Crippen molar-refractivity contribution in [1.29, 1.82) is 0 Å². The van der Waals surface area contributed by atoms with Crippen LogP contribution < -0.4 is 15.4 Å². The molecule has 1 spiro atoms. The van der Waals surface area contributed by atoms with E-state index < -0.39 is 29.6 Å². The topological polar surface area (TPSA) is 97.0 Å². The van der Waals surface area contributed by atoms with Gasteiger partial charge in [-0.25, -0.2) is 0 Å². The van der Waals surface area contributed by atoms with Crippen LogP contribution in [0, 0.1) is 11.8 Å². The van der Waals surface area contributed by atoms with Crippen molar-refractivity contribution in [3.05, 3.63) is 78.4 Å². The maximum absolute atomic E-state index is 14.3. The summed E-state index contributed by atoms with van der Waals surface area (Å²) < 4.78 is 12.4. The molecule has 0 unspecified atom stereocenters. The van der Waals surface area contributed by atoms with Crippen LogP contribution in [0.4, 0.5) is 5.69 Å². The van der Waals surface area contributed by atoms with Gasteiger partial charge in [-0.2, -0.15) is 0 Å². The van der Waals surface area contributed by atoms with E-state index in [2.05, 4.69) is 16.7 Å². The monoisotopic (exact) mass is 595 g/mol. The molecule has 3 fully saturated rings. The lowest BCUT2D eigenvalue weighted by Crippen LogP contribution is -2.56. The Morgan fingerprint density at radius 1 is 0.932 bits per heavy atom. The molecule has 7 rings (SSSR count). The maximum Gasteiger partial charge on any atom is 0.246 e. The smallest absolute Gasteiger partial charge is 0.246 e. The van der Waals surface area contributed by atoms with Gasteiger partial charge < -0.3 is 25.0 Å². The number of nitrogens with zero attached hydrogens (tertiary/aromatic N) is 1. The highest BCUT2D eigenvalue weighted by Crippen LogP contribution is 2.55. The SMILES string of the molecule is O=C(Nc1ccc(Oc2ccccc2)cc1)[C@@H]1[C@H]2C=C[C@@]3(O2)[C@H]1C(=O)N(CCC1=CCCCC1)[C@@H]3C(=O)NC1CCCCC1. The number of fused-ring (bicyclic) bond motifs is 1. The molecule has 1 saturated carbocycles. The van der Waals surface area contributed by atoms with Gasteiger partial charge in [-0.1, -0.05) is 61.3 Å². The maximum atomic E-state index is 14.3. The van der Waals surface area contributed by atoms with Crippen molar-refractivity contribution in [1.82, 2.24) is 10.2 Å². The third-order valence-electron chi connectivity index (χ3n) is 10.0. The molecule has 8 heteroatoms. The van der Waals surface area contributed by atoms with Crippen molar-refractivity contribution in [3.8, 4) is 11.5 Å². The molecule has 2 aliphatic carbocycles. The Kier molecular flexibility index (Phi) is 8.02. The van der Waals surface area contributed by atoms with Crippen molar-refractivity contribution in [2.45, 2.75) is 88.0 Å². The molecule has 3 aliphatic heterocycles. The van der Waals surface area contributed by atoms with E-state index in [4.69, 9.17) is 9.47 Å². The van der Waals surface area contributed by atoms with Gasteiger partial charge in [-0.15, -0.1) is 0 Å². The number of para-hydroxylation sites is 1. The Morgan fingerprint density at radius 2 is 1.70 bits per heavy atom. The van der Waals surface area contributed by atoms with Gasteiger partial charge in [0.25, 0.3) is 0 Å². The minimum Gasteiger partial charge on any atom is -0.457 e. The van der Waals surface area contributed by atoms with E-state index in [0.717, 1.165) is 57.1 Å². The normalized spacial score (nSPS) is 29.3. The number of benzene rings is 2. The number of ether oxygens (including phenoxy) is 2. The molecule has 3 amide bonds. The highest BCUT2D eigenvalue weighted by Gasteiger charge is 2.72. The van der Waals surface area contributed by atoms with E-state index in [-0.39, 0.29) is 23.8 Å². The van der Waals surface area contributed by atoms with Gasteiger partial charge in [-0.05, 0) is 81.3 Å². The van der Waals surface area contributed by atoms with E-state index in [0.29, 0.717) is 18.0 Å². The summed E-state index contributed by atoms with van der Waals surface area (Å²) in [5.74, 6) is -0.695. The third kappa shape index (κ3) is 5.45. The zero-order valence-electron chi connectivity index (χ0n) is 25.1. The molecule has 230 valence electrons. The predicted molar refractivity (Wildman–Crippen MR) is 167 cm³/mol. The van der Waals surface area contributed by atoms with Crippen LogP contribution in [-0.4, -0.2) is 53.0 Å². The largest absolute Gasteiger partial charge is 0.457 e. The molecule has 2 saturated heterocycles. The van der Waals surface area contributed by atoms with Gasteiger partial charge in [0.2, 0.25) is 17.7 Å². The average molecular weight is 596 g/mol. The zero-order valence-corrected chi connectivity index (χ0v) is 25.1. The van der Waals surface area contributed by atoms with E-state index >= 15 is 0 Å². The molecular formula is C36H41N3O5. The average Bonchev–Trinajstić information content (AvgIpc) is 3.69. The third-order valence-corrected chi connectivity index (χ3v) is 10.0. The number of carbonyl (C=O) groups is 3. The summed E-state index contributed by atoms with van der Waals surface area (Å²) >= 11 is 0. The van der Waals surface area contributed by atoms with Crippen LogP contribution in [0.5, 0.6) is 11.5 Å². The summed E-state index contributed by atoms with van der Waals surface area (Å²) in [6.45, 7) is 0.449. The molecule has 2 bridgehead atoms. The lowest BCUT2D eigenvalue weighted by Gasteiger charge is -2.34. The highest BCUT2D eigenvalue weighted by molar-refractivity contribution is 6.02. The summed E-state index contributed by atoms with van der Waals surface area (Å²) in [4.78, 5) is 43.8. The molecule has 44 heavy (non-hydrogen) atoms. The number of likely N-dealkylation sites (tertiary alicyclic amines) is 1. The van der Waals surface area contributed by atoms with Crippen molar-refractivity contribution in [2.75, 3.05) is 11.9 Å². The van der Waals surface area contributed by atoms with Crippen LogP contribution in [0.3, 0.4) is 0 Å². The molecule has 2 N–H and O–H groups in total. The number of hydrogen-bond donors (Lipinski definition) is 2.